The minimum absolute atomic E-state index is 0.105. The summed E-state index contributed by atoms with van der Waals surface area (Å²) >= 11 is 0. The average molecular weight is 279 g/mol. The van der Waals surface area contributed by atoms with E-state index in [0.29, 0.717) is 0 Å². The zero-order valence-electron chi connectivity index (χ0n) is 11.0. The zero-order valence-corrected chi connectivity index (χ0v) is 11.0. The van der Waals surface area contributed by atoms with E-state index in [1.165, 1.54) is 12.1 Å². The summed E-state index contributed by atoms with van der Waals surface area (Å²) in [6.07, 6.45) is -1.33. The van der Waals surface area contributed by atoms with Gasteiger partial charge in [-0.15, -0.1) is 0 Å². The molecule has 0 saturated carbocycles. The lowest BCUT2D eigenvalue weighted by atomic mass is 10.0. The largest absolute Gasteiger partial charge is 0.465 e. The predicted octanol–water partition coefficient (Wildman–Crippen LogP) is 1.93. The topological polar surface area (TPSA) is 102 Å². The van der Waals surface area contributed by atoms with E-state index in [2.05, 4.69) is 10.6 Å². The molecule has 0 aromatic heterocycles. The monoisotopic (exact) mass is 279 g/mol. The first-order chi connectivity index (χ1) is 9.35. The quantitative estimate of drug-likeness (QED) is 0.783. The fourth-order valence-electron chi connectivity index (χ4n) is 1.56. The van der Waals surface area contributed by atoms with Crippen LogP contribution in [0.3, 0.4) is 0 Å². The van der Waals surface area contributed by atoms with Gasteiger partial charge in [-0.1, -0.05) is 13.8 Å². The van der Waals surface area contributed by atoms with Gasteiger partial charge in [0.2, 0.25) is 5.91 Å². The lowest BCUT2D eigenvalue weighted by molar-refractivity contribution is -0.119. The van der Waals surface area contributed by atoms with E-state index < -0.39 is 23.9 Å². The van der Waals surface area contributed by atoms with Crippen LogP contribution in [0.15, 0.2) is 18.2 Å². The number of hydrogen-bond donors (Lipinski definition) is 3. The molecule has 3 N–H and O–H groups in total. The zero-order chi connectivity index (χ0) is 15.3. The van der Waals surface area contributed by atoms with Crippen LogP contribution >= 0.6 is 0 Å². The second-order valence-corrected chi connectivity index (χ2v) is 4.47. The van der Waals surface area contributed by atoms with Gasteiger partial charge < -0.3 is 15.7 Å². The second kappa shape index (κ2) is 6.52. The van der Waals surface area contributed by atoms with E-state index >= 15 is 0 Å². The van der Waals surface area contributed by atoms with Gasteiger partial charge in [0.25, 0.3) is 0 Å². The highest BCUT2D eigenvalue weighted by Crippen LogP contribution is 2.16. The Balaban J connectivity index is 2.88. The Labute approximate surface area is 115 Å². The summed E-state index contributed by atoms with van der Waals surface area (Å²) in [5, 5.41) is 21.7. The van der Waals surface area contributed by atoms with E-state index in [4.69, 9.17) is 10.4 Å². The maximum atomic E-state index is 13.6. The number of carbonyl (C=O) groups excluding carboxylic acids is 1. The van der Waals surface area contributed by atoms with Gasteiger partial charge in [0.1, 0.15) is 11.9 Å². The molecule has 0 radical (unpaired) electrons. The smallest absolute Gasteiger partial charge is 0.405 e. The number of halogens is 1. The molecule has 7 heteroatoms. The average Bonchev–Trinajstić information content (AvgIpc) is 2.37. The van der Waals surface area contributed by atoms with E-state index in [1.54, 1.807) is 19.9 Å². The van der Waals surface area contributed by atoms with Crippen LogP contribution in [0.25, 0.3) is 0 Å². The summed E-state index contributed by atoms with van der Waals surface area (Å²) in [5.41, 5.74) is 0.0245. The molecule has 1 rings (SSSR count). The second-order valence-electron chi connectivity index (χ2n) is 4.47. The van der Waals surface area contributed by atoms with Gasteiger partial charge in [-0.2, -0.15) is 5.26 Å². The minimum atomic E-state index is -1.33. The molecular weight excluding hydrogens is 265 g/mol. The number of nitriles is 1. The molecule has 0 heterocycles. The van der Waals surface area contributed by atoms with Crippen LogP contribution < -0.4 is 10.6 Å². The molecule has 0 fully saturated rings. The summed E-state index contributed by atoms with van der Waals surface area (Å²) in [7, 11) is 0. The first-order valence-electron chi connectivity index (χ1n) is 5.85. The third-order valence-electron chi connectivity index (χ3n) is 2.58. The Morgan fingerprint density at radius 3 is 2.50 bits per heavy atom. The third kappa shape index (κ3) is 3.95. The number of amides is 2. The predicted molar refractivity (Wildman–Crippen MR) is 69.5 cm³/mol. The Kier molecular flexibility index (Phi) is 5.03. The van der Waals surface area contributed by atoms with Crippen LogP contribution in [-0.2, 0) is 4.79 Å². The van der Waals surface area contributed by atoms with Gasteiger partial charge >= 0.3 is 6.09 Å². The first-order valence-corrected chi connectivity index (χ1v) is 5.85. The van der Waals surface area contributed by atoms with Crippen LogP contribution in [-0.4, -0.2) is 23.1 Å². The van der Waals surface area contributed by atoms with Crippen LogP contribution in [0.2, 0.25) is 0 Å². The van der Waals surface area contributed by atoms with Gasteiger partial charge in [-0.3, -0.25) is 4.79 Å². The highest BCUT2D eigenvalue weighted by molar-refractivity contribution is 5.96. The van der Waals surface area contributed by atoms with Crippen LogP contribution in [0.4, 0.5) is 14.9 Å². The number of carbonyl (C=O) groups is 2. The summed E-state index contributed by atoms with van der Waals surface area (Å²) in [6, 6.07) is 4.37. The van der Waals surface area contributed by atoms with Crippen molar-refractivity contribution in [2.45, 2.75) is 19.9 Å². The molecule has 1 atom stereocenters. The maximum absolute atomic E-state index is 13.6. The molecule has 6 nitrogen and oxygen atoms in total. The fraction of sp³-hybridized carbons (Fsp3) is 0.308. The Hall–Kier alpha value is -2.62. The molecule has 0 spiro atoms. The van der Waals surface area contributed by atoms with Crippen molar-refractivity contribution in [2.24, 2.45) is 5.92 Å². The van der Waals surface area contributed by atoms with Crippen molar-refractivity contribution in [1.29, 1.82) is 5.26 Å². The van der Waals surface area contributed by atoms with E-state index in [-0.39, 0.29) is 17.2 Å². The maximum Gasteiger partial charge on any atom is 0.405 e. The third-order valence-corrected chi connectivity index (χ3v) is 2.58. The van der Waals surface area contributed by atoms with Crippen molar-refractivity contribution in [3.05, 3.63) is 29.6 Å². The van der Waals surface area contributed by atoms with E-state index in [0.717, 1.165) is 6.07 Å². The van der Waals surface area contributed by atoms with E-state index in [1.807, 2.05) is 0 Å². The summed E-state index contributed by atoms with van der Waals surface area (Å²) in [4.78, 5) is 22.5. The number of rotatable bonds is 4. The SMILES string of the molecule is CC(C)[C@H](NC(=O)O)C(=O)Nc1ccc(C#N)cc1F. The first kappa shape index (κ1) is 15.4. The standard InChI is InChI=1S/C13H14FN3O3/c1-7(2)11(17-13(19)20)12(18)16-10-4-3-8(6-15)5-9(10)14/h3-5,7,11,17H,1-2H3,(H,16,18)(H,19,20)/t11-/m0/s1. The van der Waals surface area contributed by atoms with Crippen LogP contribution in [0.1, 0.15) is 19.4 Å². The molecule has 1 aromatic carbocycles. The van der Waals surface area contributed by atoms with Crippen LogP contribution in [0.5, 0.6) is 0 Å². The highest BCUT2D eigenvalue weighted by atomic mass is 19.1. The van der Waals surface area contributed by atoms with Crippen molar-refractivity contribution in [2.75, 3.05) is 5.32 Å². The summed E-state index contributed by atoms with van der Waals surface area (Å²) in [5.74, 6) is -1.71. The minimum Gasteiger partial charge on any atom is -0.465 e. The Morgan fingerprint density at radius 1 is 1.40 bits per heavy atom. The van der Waals surface area contributed by atoms with Crippen molar-refractivity contribution in [3.8, 4) is 6.07 Å². The Bertz CT molecular complexity index is 566. The number of hydrogen-bond acceptors (Lipinski definition) is 3. The molecule has 0 aliphatic heterocycles. The lowest BCUT2D eigenvalue weighted by Gasteiger charge is -2.20. The normalized spacial score (nSPS) is 11.6. The van der Waals surface area contributed by atoms with Gasteiger partial charge in [0.05, 0.1) is 17.3 Å². The summed E-state index contributed by atoms with van der Waals surface area (Å²) in [6.45, 7) is 3.32. The lowest BCUT2D eigenvalue weighted by Crippen LogP contribution is -2.46. The van der Waals surface area contributed by atoms with Gasteiger partial charge in [0, 0.05) is 0 Å². The molecule has 0 bridgehead atoms. The highest BCUT2D eigenvalue weighted by Gasteiger charge is 2.24. The molecular formula is C13H14FN3O3. The number of nitrogens with zero attached hydrogens (tertiary/aromatic N) is 1. The molecule has 20 heavy (non-hydrogen) atoms. The molecule has 0 saturated heterocycles. The number of anilines is 1. The fourth-order valence-corrected chi connectivity index (χ4v) is 1.56. The van der Waals surface area contributed by atoms with Crippen molar-refractivity contribution < 1.29 is 19.1 Å². The number of nitrogens with one attached hydrogen (secondary N) is 2. The van der Waals surface area contributed by atoms with Gasteiger partial charge in [0.15, 0.2) is 0 Å². The molecule has 1 aromatic rings. The Morgan fingerprint density at radius 2 is 2.05 bits per heavy atom. The van der Waals surface area contributed by atoms with Crippen molar-refractivity contribution in [1.82, 2.24) is 5.32 Å². The molecule has 106 valence electrons. The molecule has 0 aliphatic carbocycles. The van der Waals surface area contributed by atoms with Crippen molar-refractivity contribution in [3.63, 3.8) is 0 Å². The van der Waals surface area contributed by atoms with Crippen molar-refractivity contribution >= 4 is 17.7 Å². The van der Waals surface area contributed by atoms with E-state index in [9.17, 15) is 14.0 Å². The van der Waals surface area contributed by atoms with Crippen LogP contribution in [0, 0.1) is 23.1 Å². The molecule has 0 aliphatic rings. The van der Waals surface area contributed by atoms with Gasteiger partial charge in [-0.25, -0.2) is 9.18 Å². The summed E-state index contributed by atoms with van der Waals surface area (Å²) < 4.78 is 13.6. The number of benzene rings is 1. The molecule has 2 amide bonds. The molecule has 0 unspecified atom stereocenters. The number of carboxylic acid groups (broad SMARTS) is 1. The van der Waals surface area contributed by atoms with Gasteiger partial charge in [-0.05, 0) is 24.1 Å².